The van der Waals surface area contributed by atoms with Crippen molar-refractivity contribution in [1.82, 2.24) is 9.47 Å². The second-order valence-electron chi connectivity index (χ2n) is 4.88. The van der Waals surface area contributed by atoms with Crippen LogP contribution >= 0.6 is 0 Å². The molecule has 2 atom stereocenters. The van der Waals surface area contributed by atoms with Crippen LogP contribution in [0.2, 0.25) is 0 Å². The summed E-state index contributed by atoms with van der Waals surface area (Å²) in [5.41, 5.74) is 5.81. The van der Waals surface area contributed by atoms with Crippen molar-refractivity contribution in [2.24, 2.45) is 12.8 Å². The van der Waals surface area contributed by atoms with Crippen molar-refractivity contribution < 1.29 is 9.53 Å². The molecule has 1 aliphatic rings. The Labute approximate surface area is 111 Å². The van der Waals surface area contributed by atoms with Crippen LogP contribution in [0.4, 0.5) is 0 Å². The molecule has 0 radical (unpaired) electrons. The molecule has 2 rings (SSSR count). The van der Waals surface area contributed by atoms with Crippen LogP contribution in [-0.4, -0.2) is 47.2 Å². The smallest absolute Gasteiger partial charge is 0.254 e. The first-order chi connectivity index (χ1) is 9.01. The Morgan fingerprint density at radius 1 is 1.53 bits per heavy atom. The Hall–Kier alpha value is -1.66. The number of amides is 1. The van der Waals surface area contributed by atoms with Crippen molar-refractivity contribution in [1.29, 1.82) is 0 Å². The zero-order valence-electron chi connectivity index (χ0n) is 11.2. The molecule has 1 aromatic rings. The monoisotopic (exact) mass is 265 g/mol. The van der Waals surface area contributed by atoms with Gasteiger partial charge in [-0.05, 0) is 13.0 Å². The highest BCUT2D eigenvalue weighted by molar-refractivity contribution is 5.94. The van der Waals surface area contributed by atoms with Gasteiger partial charge in [0.05, 0.1) is 12.2 Å². The van der Waals surface area contributed by atoms with Gasteiger partial charge in [0.25, 0.3) is 11.5 Å². The van der Waals surface area contributed by atoms with Gasteiger partial charge in [-0.2, -0.15) is 0 Å². The van der Waals surface area contributed by atoms with Gasteiger partial charge >= 0.3 is 0 Å². The normalized spacial score (nSPS) is 23.4. The molecule has 0 spiro atoms. The van der Waals surface area contributed by atoms with Crippen LogP contribution in [0.25, 0.3) is 0 Å². The van der Waals surface area contributed by atoms with Crippen molar-refractivity contribution >= 4 is 5.91 Å². The number of ether oxygens (including phenoxy) is 1. The molecule has 6 heteroatoms. The van der Waals surface area contributed by atoms with Gasteiger partial charge in [-0.15, -0.1) is 0 Å². The number of nitrogens with zero attached hydrogens (tertiary/aromatic N) is 2. The summed E-state index contributed by atoms with van der Waals surface area (Å²) >= 11 is 0. The Kier molecular flexibility index (Phi) is 4.01. The summed E-state index contributed by atoms with van der Waals surface area (Å²) in [6, 6.07) is 3.02. The molecule has 6 nitrogen and oxygen atoms in total. The lowest BCUT2D eigenvalue weighted by Gasteiger charge is -2.36. The van der Waals surface area contributed by atoms with Crippen LogP contribution in [0.3, 0.4) is 0 Å². The molecule has 0 aliphatic carbocycles. The van der Waals surface area contributed by atoms with E-state index in [-0.39, 0.29) is 23.7 Å². The van der Waals surface area contributed by atoms with E-state index < -0.39 is 0 Å². The van der Waals surface area contributed by atoms with Crippen LogP contribution in [0, 0.1) is 0 Å². The van der Waals surface area contributed by atoms with E-state index in [1.54, 1.807) is 24.2 Å². The summed E-state index contributed by atoms with van der Waals surface area (Å²) in [6.45, 7) is 3.27. The summed E-state index contributed by atoms with van der Waals surface area (Å²) in [5, 5.41) is 0. The molecule has 2 unspecified atom stereocenters. The Balaban J connectivity index is 2.18. The average Bonchev–Trinajstić information content (AvgIpc) is 2.40. The number of nitrogens with two attached hydrogens (primary N) is 1. The molecule has 1 saturated heterocycles. The number of carbonyl (C=O) groups is 1. The molecule has 1 aromatic heterocycles. The van der Waals surface area contributed by atoms with Crippen LogP contribution in [0.1, 0.15) is 17.3 Å². The molecule has 0 aromatic carbocycles. The third-order valence-corrected chi connectivity index (χ3v) is 3.23. The molecular formula is C13H19N3O3. The topological polar surface area (TPSA) is 77.6 Å². The fourth-order valence-corrected chi connectivity index (χ4v) is 2.21. The highest BCUT2D eigenvalue weighted by atomic mass is 16.5. The molecule has 0 bridgehead atoms. The number of carbonyl (C=O) groups excluding carboxylic acids is 1. The van der Waals surface area contributed by atoms with E-state index in [1.165, 1.54) is 10.6 Å². The van der Waals surface area contributed by atoms with Crippen LogP contribution in [0.5, 0.6) is 0 Å². The first-order valence-corrected chi connectivity index (χ1v) is 6.32. The van der Waals surface area contributed by atoms with Crippen molar-refractivity contribution in [3.63, 3.8) is 0 Å². The summed E-state index contributed by atoms with van der Waals surface area (Å²) < 4.78 is 7.04. The Bertz CT molecular complexity index is 526. The van der Waals surface area contributed by atoms with E-state index in [0.29, 0.717) is 25.2 Å². The quantitative estimate of drug-likeness (QED) is 0.787. The summed E-state index contributed by atoms with van der Waals surface area (Å²) in [4.78, 5) is 25.6. The highest BCUT2D eigenvalue weighted by Crippen LogP contribution is 2.13. The van der Waals surface area contributed by atoms with Crippen LogP contribution in [0.15, 0.2) is 23.1 Å². The molecule has 1 fully saturated rings. The molecule has 2 N–H and O–H groups in total. The van der Waals surface area contributed by atoms with Crippen molar-refractivity contribution in [2.45, 2.75) is 19.1 Å². The molecular weight excluding hydrogens is 246 g/mol. The number of hydrogen-bond acceptors (Lipinski definition) is 4. The minimum Gasteiger partial charge on any atom is -0.370 e. The lowest BCUT2D eigenvalue weighted by molar-refractivity contribution is -0.0625. The van der Waals surface area contributed by atoms with Gasteiger partial charge in [-0.3, -0.25) is 9.59 Å². The zero-order chi connectivity index (χ0) is 14.0. The number of hydrogen-bond donors (Lipinski definition) is 1. The average molecular weight is 265 g/mol. The van der Waals surface area contributed by atoms with E-state index >= 15 is 0 Å². The highest BCUT2D eigenvalue weighted by Gasteiger charge is 2.28. The second-order valence-corrected chi connectivity index (χ2v) is 4.88. The van der Waals surface area contributed by atoms with Gasteiger partial charge in [0, 0.05) is 44.5 Å². The predicted molar refractivity (Wildman–Crippen MR) is 71.0 cm³/mol. The maximum Gasteiger partial charge on any atom is 0.254 e. The van der Waals surface area contributed by atoms with E-state index in [9.17, 15) is 9.59 Å². The first kappa shape index (κ1) is 13.8. The van der Waals surface area contributed by atoms with Gasteiger partial charge in [0.1, 0.15) is 0 Å². The standard InChI is InChI=1S/C13H19N3O3/c1-9-7-16(8-11(6-14)19-9)13(18)10-3-4-15(2)12(17)5-10/h3-5,9,11H,6-8,14H2,1-2H3. The van der Waals surface area contributed by atoms with Crippen LogP contribution < -0.4 is 11.3 Å². The third-order valence-electron chi connectivity index (χ3n) is 3.23. The minimum atomic E-state index is -0.192. The van der Waals surface area contributed by atoms with Crippen LogP contribution in [-0.2, 0) is 11.8 Å². The number of pyridine rings is 1. The van der Waals surface area contributed by atoms with E-state index in [1.807, 2.05) is 6.92 Å². The summed E-state index contributed by atoms with van der Waals surface area (Å²) in [7, 11) is 1.65. The van der Waals surface area contributed by atoms with Gasteiger partial charge < -0.3 is 19.9 Å². The zero-order valence-corrected chi connectivity index (χ0v) is 11.2. The fraction of sp³-hybridized carbons (Fsp3) is 0.538. The second kappa shape index (κ2) is 5.54. The lowest BCUT2D eigenvalue weighted by atomic mass is 10.1. The number of aromatic nitrogens is 1. The molecule has 1 aliphatic heterocycles. The molecule has 19 heavy (non-hydrogen) atoms. The number of morpholine rings is 1. The van der Waals surface area contributed by atoms with E-state index in [4.69, 9.17) is 10.5 Å². The first-order valence-electron chi connectivity index (χ1n) is 6.32. The van der Waals surface area contributed by atoms with Gasteiger partial charge in [-0.1, -0.05) is 0 Å². The summed E-state index contributed by atoms with van der Waals surface area (Å²) in [6.07, 6.45) is 1.41. The SMILES string of the molecule is CC1CN(C(=O)c2ccn(C)c(=O)c2)CC(CN)O1. The fourth-order valence-electron chi connectivity index (χ4n) is 2.21. The lowest BCUT2D eigenvalue weighted by Crippen LogP contribution is -2.51. The largest absolute Gasteiger partial charge is 0.370 e. The Morgan fingerprint density at radius 3 is 2.89 bits per heavy atom. The van der Waals surface area contributed by atoms with Crippen molar-refractivity contribution in [3.8, 4) is 0 Å². The van der Waals surface area contributed by atoms with Gasteiger partial charge in [0.2, 0.25) is 0 Å². The Morgan fingerprint density at radius 2 is 2.26 bits per heavy atom. The molecule has 2 heterocycles. The number of aryl methyl sites for hydroxylation is 1. The minimum absolute atomic E-state index is 0.0437. The maximum absolute atomic E-state index is 12.4. The third kappa shape index (κ3) is 3.02. The van der Waals surface area contributed by atoms with E-state index in [0.717, 1.165) is 0 Å². The van der Waals surface area contributed by atoms with Gasteiger partial charge in [-0.25, -0.2) is 0 Å². The maximum atomic E-state index is 12.4. The molecule has 104 valence electrons. The molecule has 0 saturated carbocycles. The van der Waals surface area contributed by atoms with Crippen molar-refractivity contribution in [3.05, 3.63) is 34.2 Å². The van der Waals surface area contributed by atoms with Gasteiger partial charge in [0.15, 0.2) is 0 Å². The molecule has 1 amide bonds. The summed E-state index contributed by atoms with van der Waals surface area (Å²) in [5.74, 6) is -0.147. The number of rotatable bonds is 2. The van der Waals surface area contributed by atoms with E-state index in [2.05, 4.69) is 0 Å². The predicted octanol–water partition coefficient (Wildman–Crippen LogP) is -0.426. The van der Waals surface area contributed by atoms with Crippen molar-refractivity contribution in [2.75, 3.05) is 19.6 Å².